The summed E-state index contributed by atoms with van der Waals surface area (Å²) in [5, 5.41) is 0. The second kappa shape index (κ2) is 13.4. The number of methoxy groups -OCH3 is 3. The molecule has 0 saturated carbocycles. The molecule has 4 aromatic rings. The number of piperidine rings is 1. The summed E-state index contributed by atoms with van der Waals surface area (Å²) in [7, 11) is 5.14. The van der Waals surface area contributed by atoms with Crippen LogP contribution < -0.4 is 19.1 Å². The van der Waals surface area contributed by atoms with E-state index in [1.165, 1.54) is 5.69 Å². The van der Waals surface area contributed by atoms with Gasteiger partial charge in [0.05, 0.1) is 7.11 Å². The van der Waals surface area contributed by atoms with E-state index in [0.717, 1.165) is 76.6 Å². The Kier molecular flexibility index (Phi) is 8.96. The Bertz CT molecular complexity index is 1540. The van der Waals surface area contributed by atoms with E-state index in [4.69, 9.17) is 23.7 Å². The van der Waals surface area contributed by atoms with Crippen molar-refractivity contribution < 1.29 is 23.7 Å². The van der Waals surface area contributed by atoms with Gasteiger partial charge in [-0.25, -0.2) is 0 Å². The Hall–Kier alpha value is -4.26. The summed E-state index contributed by atoms with van der Waals surface area (Å²) in [5.41, 5.74) is 7.94. The third-order valence-electron chi connectivity index (χ3n) is 8.47. The van der Waals surface area contributed by atoms with Crippen LogP contribution in [0.3, 0.4) is 0 Å². The number of rotatable bonds is 10. The molecule has 1 saturated heterocycles. The van der Waals surface area contributed by atoms with Crippen molar-refractivity contribution in [2.24, 2.45) is 5.92 Å². The first kappa shape index (κ1) is 28.8. The molecule has 6 rings (SSSR count). The minimum absolute atomic E-state index is 0.135. The molecule has 0 aliphatic carbocycles. The van der Waals surface area contributed by atoms with Crippen molar-refractivity contribution in [1.82, 2.24) is 0 Å². The molecule has 2 heterocycles. The number of benzene rings is 4. The SMILES string of the molecule is COc1cccc(C2=C(c3ccc(N4CCC(C(OC)OC)CC4)cc3)c3ccc(OCc4ccccc4)cc3OC2)c1. The minimum atomic E-state index is -0.135. The lowest BCUT2D eigenvalue weighted by Crippen LogP contribution is -2.39. The molecule has 6 nitrogen and oxygen atoms in total. The Morgan fingerprint density at radius 3 is 2.26 bits per heavy atom. The standard InChI is InChI=1S/C37H39NO5/c1-39-31-11-7-10-29(22-31)34-25-43-35-23-32(42-24-26-8-5-4-6-9-26)16-17-33(35)36(34)27-12-14-30(15-13-27)38-20-18-28(19-21-38)37(40-2)41-3/h4-17,22-23,28,37H,18-21,24-25H2,1-3H3. The van der Waals surface area contributed by atoms with Crippen molar-refractivity contribution in [2.45, 2.75) is 25.7 Å². The average molecular weight is 578 g/mol. The summed E-state index contributed by atoms with van der Waals surface area (Å²) in [6.07, 6.45) is 1.95. The zero-order valence-electron chi connectivity index (χ0n) is 25.1. The Labute approximate surface area is 254 Å². The highest BCUT2D eigenvalue weighted by Gasteiger charge is 2.27. The monoisotopic (exact) mass is 577 g/mol. The van der Waals surface area contributed by atoms with Crippen LogP contribution in [-0.2, 0) is 16.1 Å². The fourth-order valence-electron chi connectivity index (χ4n) is 6.16. The molecule has 0 amide bonds. The van der Waals surface area contributed by atoms with Crippen LogP contribution in [0.15, 0.2) is 97.1 Å². The maximum Gasteiger partial charge on any atom is 0.159 e. The number of hydrogen-bond acceptors (Lipinski definition) is 6. The van der Waals surface area contributed by atoms with Gasteiger partial charge >= 0.3 is 0 Å². The fraction of sp³-hybridized carbons (Fsp3) is 0.297. The lowest BCUT2D eigenvalue weighted by atomic mass is 9.87. The molecule has 6 heteroatoms. The van der Waals surface area contributed by atoms with Crippen molar-refractivity contribution in [2.75, 3.05) is 45.9 Å². The van der Waals surface area contributed by atoms with Crippen LogP contribution in [0.25, 0.3) is 11.1 Å². The van der Waals surface area contributed by atoms with Gasteiger partial charge in [0, 0.05) is 56.1 Å². The van der Waals surface area contributed by atoms with E-state index in [1.54, 1.807) is 21.3 Å². The maximum atomic E-state index is 6.37. The first-order valence-corrected chi connectivity index (χ1v) is 14.9. The van der Waals surface area contributed by atoms with Crippen LogP contribution in [0.2, 0.25) is 0 Å². The van der Waals surface area contributed by atoms with Crippen molar-refractivity contribution in [3.8, 4) is 17.2 Å². The summed E-state index contributed by atoms with van der Waals surface area (Å²) < 4.78 is 29.1. The van der Waals surface area contributed by atoms with Crippen molar-refractivity contribution in [3.05, 3.63) is 119 Å². The van der Waals surface area contributed by atoms with E-state index >= 15 is 0 Å². The second-order valence-electron chi connectivity index (χ2n) is 11.0. The van der Waals surface area contributed by atoms with Crippen molar-refractivity contribution in [3.63, 3.8) is 0 Å². The molecule has 4 aromatic carbocycles. The maximum absolute atomic E-state index is 6.37. The summed E-state index contributed by atoms with van der Waals surface area (Å²) in [6.45, 7) is 2.92. The zero-order chi connectivity index (χ0) is 29.6. The van der Waals surface area contributed by atoms with E-state index in [0.29, 0.717) is 19.1 Å². The summed E-state index contributed by atoms with van der Waals surface area (Å²) in [4.78, 5) is 2.45. The van der Waals surface area contributed by atoms with Gasteiger partial charge in [0.1, 0.15) is 30.5 Å². The van der Waals surface area contributed by atoms with E-state index in [9.17, 15) is 0 Å². The summed E-state index contributed by atoms with van der Waals surface area (Å²) >= 11 is 0. The lowest BCUT2D eigenvalue weighted by molar-refractivity contribution is -0.141. The molecule has 0 N–H and O–H groups in total. The zero-order valence-corrected chi connectivity index (χ0v) is 25.1. The van der Waals surface area contributed by atoms with Gasteiger partial charge in [-0.3, -0.25) is 0 Å². The lowest BCUT2D eigenvalue weighted by Gasteiger charge is -2.36. The Balaban J connectivity index is 1.29. The molecule has 0 bridgehead atoms. The molecule has 0 unspecified atom stereocenters. The van der Waals surface area contributed by atoms with Gasteiger partial charge < -0.3 is 28.6 Å². The van der Waals surface area contributed by atoms with Crippen LogP contribution in [0.1, 0.15) is 35.1 Å². The summed E-state index contributed by atoms with van der Waals surface area (Å²) in [5.74, 6) is 2.85. The molecule has 1 fully saturated rings. The van der Waals surface area contributed by atoms with E-state index in [2.05, 4.69) is 59.5 Å². The molecule has 0 radical (unpaired) electrons. The third-order valence-corrected chi connectivity index (χ3v) is 8.47. The number of fused-ring (bicyclic) bond motifs is 1. The molecule has 43 heavy (non-hydrogen) atoms. The van der Waals surface area contributed by atoms with E-state index in [1.807, 2.05) is 42.5 Å². The molecular weight excluding hydrogens is 538 g/mol. The smallest absolute Gasteiger partial charge is 0.159 e. The van der Waals surface area contributed by atoms with Crippen molar-refractivity contribution in [1.29, 1.82) is 0 Å². The van der Waals surface area contributed by atoms with Crippen LogP contribution in [-0.4, -0.2) is 47.3 Å². The van der Waals surface area contributed by atoms with Gasteiger partial charge in [0.15, 0.2) is 6.29 Å². The van der Waals surface area contributed by atoms with E-state index in [-0.39, 0.29) is 6.29 Å². The third kappa shape index (κ3) is 6.41. The van der Waals surface area contributed by atoms with Crippen molar-refractivity contribution >= 4 is 16.8 Å². The van der Waals surface area contributed by atoms with Gasteiger partial charge in [-0.1, -0.05) is 54.6 Å². The number of ether oxygens (including phenoxy) is 5. The first-order valence-electron chi connectivity index (χ1n) is 14.9. The van der Waals surface area contributed by atoms with Gasteiger partial charge in [-0.15, -0.1) is 0 Å². The second-order valence-corrected chi connectivity index (χ2v) is 11.0. The minimum Gasteiger partial charge on any atom is -0.497 e. The van der Waals surface area contributed by atoms with Gasteiger partial charge in [0.25, 0.3) is 0 Å². The number of anilines is 1. The fourth-order valence-corrected chi connectivity index (χ4v) is 6.16. The number of nitrogens with zero attached hydrogens (tertiary/aromatic N) is 1. The Morgan fingerprint density at radius 2 is 1.53 bits per heavy atom. The van der Waals surface area contributed by atoms with Gasteiger partial charge in [-0.2, -0.15) is 0 Å². The quantitative estimate of drug-likeness (QED) is 0.182. The van der Waals surface area contributed by atoms with E-state index < -0.39 is 0 Å². The highest BCUT2D eigenvalue weighted by Crippen LogP contribution is 2.43. The highest BCUT2D eigenvalue weighted by atomic mass is 16.7. The first-order chi connectivity index (χ1) is 21.2. The van der Waals surface area contributed by atoms with Crippen LogP contribution in [0, 0.1) is 5.92 Å². The predicted octanol–water partition coefficient (Wildman–Crippen LogP) is 7.46. The molecule has 0 spiro atoms. The van der Waals surface area contributed by atoms with Gasteiger partial charge in [-0.05, 0) is 71.5 Å². The van der Waals surface area contributed by atoms with Crippen LogP contribution >= 0.6 is 0 Å². The average Bonchev–Trinajstić information content (AvgIpc) is 3.08. The van der Waals surface area contributed by atoms with Crippen LogP contribution in [0.4, 0.5) is 5.69 Å². The number of hydrogen-bond donors (Lipinski definition) is 0. The molecule has 0 aromatic heterocycles. The topological polar surface area (TPSA) is 49.4 Å². The van der Waals surface area contributed by atoms with Crippen LogP contribution in [0.5, 0.6) is 17.2 Å². The molecule has 222 valence electrons. The highest BCUT2D eigenvalue weighted by molar-refractivity contribution is 6.02. The molecule has 2 aliphatic heterocycles. The molecule has 0 atom stereocenters. The Morgan fingerprint density at radius 1 is 0.767 bits per heavy atom. The molecule has 2 aliphatic rings. The predicted molar refractivity (Wildman–Crippen MR) is 171 cm³/mol. The summed E-state index contributed by atoms with van der Waals surface area (Å²) in [6, 6.07) is 33.5. The molecular formula is C37H39NO5. The largest absolute Gasteiger partial charge is 0.497 e. The van der Waals surface area contributed by atoms with Gasteiger partial charge in [0.2, 0.25) is 0 Å². The normalized spacial score (nSPS) is 15.3.